The van der Waals surface area contributed by atoms with E-state index in [0.717, 1.165) is 11.3 Å². The molecule has 2 atom stereocenters. The predicted octanol–water partition coefficient (Wildman–Crippen LogP) is 1.66. The molecule has 94 valence electrons. The van der Waals surface area contributed by atoms with Crippen LogP contribution in [0.15, 0.2) is 24.3 Å². The van der Waals surface area contributed by atoms with Gasteiger partial charge in [0.25, 0.3) is 0 Å². The van der Waals surface area contributed by atoms with E-state index in [0.29, 0.717) is 0 Å². The molecular formula is C13H20N2O2. The average Bonchev–Trinajstić information content (AvgIpc) is 2.27. The van der Waals surface area contributed by atoms with Gasteiger partial charge in [-0.1, -0.05) is 26.0 Å². The third-order valence-corrected chi connectivity index (χ3v) is 2.67. The fourth-order valence-electron chi connectivity index (χ4n) is 1.60. The molecule has 0 radical (unpaired) electrons. The first-order valence-corrected chi connectivity index (χ1v) is 5.73. The van der Waals surface area contributed by atoms with E-state index in [4.69, 9.17) is 5.73 Å². The van der Waals surface area contributed by atoms with Gasteiger partial charge in [0.05, 0.1) is 12.1 Å². The van der Waals surface area contributed by atoms with Crippen LogP contribution in [0, 0.1) is 5.92 Å². The van der Waals surface area contributed by atoms with Crippen molar-refractivity contribution in [2.75, 3.05) is 5.32 Å². The van der Waals surface area contributed by atoms with Crippen molar-refractivity contribution in [1.82, 2.24) is 0 Å². The summed E-state index contributed by atoms with van der Waals surface area (Å²) in [5.74, 6) is 0.00397. The molecule has 4 nitrogen and oxygen atoms in total. The van der Waals surface area contributed by atoms with Crippen LogP contribution in [0.25, 0.3) is 0 Å². The predicted molar refractivity (Wildman–Crippen MR) is 68.5 cm³/mol. The highest BCUT2D eigenvalue weighted by molar-refractivity contribution is 5.88. The van der Waals surface area contributed by atoms with Crippen molar-refractivity contribution in [2.24, 2.45) is 11.7 Å². The lowest BCUT2D eigenvalue weighted by atomic mass is 9.94. The van der Waals surface area contributed by atoms with E-state index in [1.165, 1.54) is 6.92 Å². The number of nitrogens with two attached hydrogens (primary N) is 1. The highest BCUT2D eigenvalue weighted by Gasteiger charge is 2.19. The molecule has 0 aliphatic heterocycles. The van der Waals surface area contributed by atoms with Gasteiger partial charge in [-0.3, -0.25) is 4.79 Å². The third-order valence-electron chi connectivity index (χ3n) is 2.67. The zero-order chi connectivity index (χ0) is 13.0. The maximum Gasteiger partial charge on any atom is 0.221 e. The second kappa shape index (κ2) is 5.80. The van der Waals surface area contributed by atoms with Gasteiger partial charge in [-0.05, 0) is 23.6 Å². The highest BCUT2D eigenvalue weighted by atomic mass is 16.3. The molecule has 0 bridgehead atoms. The molecule has 0 heterocycles. The number of rotatable bonds is 4. The van der Waals surface area contributed by atoms with Crippen LogP contribution in [0.2, 0.25) is 0 Å². The maximum absolute atomic E-state index is 10.9. The number of anilines is 1. The summed E-state index contributed by atoms with van der Waals surface area (Å²) >= 11 is 0. The summed E-state index contributed by atoms with van der Waals surface area (Å²) < 4.78 is 0. The van der Waals surface area contributed by atoms with E-state index in [-0.39, 0.29) is 11.8 Å². The van der Waals surface area contributed by atoms with E-state index >= 15 is 0 Å². The fraction of sp³-hybridized carbons (Fsp3) is 0.462. The number of hydrogen-bond donors (Lipinski definition) is 3. The van der Waals surface area contributed by atoms with Crippen molar-refractivity contribution in [3.05, 3.63) is 29.8 Å². The minimum absolute atomic E-state index is 0.107. The quantitative estimate of drug-likeness (QED) is 0.744. The number of amides is 1. The Morgan fingerprint density at radius 3 is 2.24 bits per heavy atom. The lowest BCUT2D eigenvalue weighted by molar-refractivity contribution is -0.114. The summed E-state index contributed by atoms with van der Waals surface area (Å²) in [4.78, 5) is 10.9. The van der Waals surface area contributed by atoms with Gasteiger partial charge in [0.1, 0.15) is 0 Å². The smallest absolute Gasteiger partial charge is 0.221 e. The van der Waals surface area contributed by atoms with E-state index < -0.39 is 12.1 Å². The fourth-order valence-corrected chi connectivity index (χ4v) is 1.60. The van der Waals surface area contributed by atoms with Gasteiger partial charge < -0.3 is 16.2 Å². The molecule has 0 unspecified atom stereocenters. The molecule has 0 aliphatic carbocycles. The Labute approximate surface area is 102 Å². The van der Waals surface area contributed by atoms with E-state index in [9.17, 15) is 9.90 Å². The molecular weight excluding hydrogens is 216 g/mol. The van der Waals surface area contributed by atoms with E-state index in [1.807, 2.05) is 26.0 Å². The van der Waals surface area contributed by atoms with Crippen LogP contribution >= 0.6 is 0 Å². The first-order chi connectivity index (χ1) is 7.91. The largest absolute Gasteiger partial charge is 0.391 e. The van der Waals surface area contributed by atoms with Gasteiger partial charge in [0.2, 0.25) is 5.91 Å². The van der Waals surface area contributed by atoms with Gasteiger partial charge in [-0.15, -0.1) is 0 Å². The van der Waals surface area contributed by atoms with Gasteiger partial charge in [0.15, 0.2) is 0 Å². The first kappa shape index (κ1) is 13.7. The summed E-state index contributed by atoms with van der Waals surface area (Å²) in [6.07, 6.45) is -0.568. The second-order valence-electron chi connectivity index (χ2n) is 4.56. The van der Waals surface area contributed by atoms with Gasteiger partial charge in [-0.25, -0.2) is 0 Å². The zero-order valence-electron chi connectivity index (χ0n) is 10.5. The van der Waals surface area contributed by atoms with Crippen molar-refractivity contribution >= 4 is 11.6 Å². The lowest BCUT2D eigenvalue weighted by Gasteiger charge is -2.22. The summed E-state index contributed by atoms with van der Waals surface area (Å²) in [5.41, 5.74) is 7.54. The standard InChI is InChI=1S/C13H20N2O2/c1-8(2)13(17)12(14)10-4-6-11(7-5-10)15-9(3)16/h4-8,12-13,17H,14H2,1-3H3,(H,15,16)/t12-,13+/m1/s1. The van der Waals surface area contributed by atoms with Crippen LogP contribution in [0.5, 0.6) is 0 Å². The van der Waals surface area contributed by atoms with Crippen molar-refractivity contribution < 1.29 is 9.90 Å². The van der Waals surface area contributed by atoms with E-state index in [2.05, 4.69) is 5.32 Å². The average molecular weight is 236 g/mol. The zero-order valence-corrected chi connectivity index (χ0v) is 10.5. The molecule has 0 saturated carbocycles. The summed E-state index contributed by atoms with van der Waals surface area (Å²) in [6, 6.07) is 6.80. The minimum Gasteiger partial charge on any atom is -0.391 e. The van der Waals surface area contributed by atoms with Crippen molar-refractivity contribution in [3.63, 3.8) is 0 Å². The Bertz CT molecular complexity index is 374. The molecule has 1 aromatic carbocycles. The number of benzene rings is 1. The van der Waals surface area contributed by atoms with Gasteiger partial charge >= 0.3 is 0 Å². The maximum atomic E-state index is 10.9. The van der Waals surface area contributed by atoms with Crippen LogP contribution in [0.4, 0.5) is 5.69 Å². The SMILES string of the molecule is CC(=O)Nc1ccc([C@@H](N)[C@@H](O)C(C)C)cc1. The Kier molecular flexibility index (Phi) is 4.66. The first-order valence-electron chi connectivity index (χ1n) is 5.73. The Balaban J connectivity index is 2.76. The molecule has 0 aliphatic rings. The van der Waals surface area contributed by atoms with Crippen LogP contribution in [-0.2, 0) is 4.79 Å². The Hall–Kier alpha value is -1.39. The van der Waals surface area contributed by atoms with Crippen LogP contribution in [0.1, 0.15) is 32.4 Å². The Morgan fingerprint density at radius 2 is 1.82 bits per heavy atom. The second-order valence-corrected chi connectivity index (χ2v) is 4.56. The monoisotopic (exact) mass is 236 g/mol. The number of carbonyl (C=O) groups is 1. The molecule has 1 aromatic rings. The van der Waals surface area contributed by atoms with Crippen LogP contribution < -0.4 is 11.1 Å². The normalized spacial score (nSPS) is 14.5. The van der Waals surface area contributed by atoms with E-state index in [1.54, 1.807) is 12.1 Å². The Morgan fingerprint density at radius 1 is 1.29 bits per heavy atom. The topological polar surface area (TPSA) is 75.4 Å². The molecule has 0 spiro atoms. The number of carbonyl (C=O) groups excluding carboxylic acids is 1. The number of nitrogens with one attached hydrogen (secondary N) is 1. The molecule has 4 heteroatoms. The molecule has 0 aromatic heterocycles. The third kappa shape index (κ3) is 3.84. The van der Waals surface area contributed by atoms with Crippen molar-refractivity contribution in [1.29, 1.82) is 0 Å². The molecule has 1 amide bonds. The molecule has 0 saturated heterocycles. The molecule has 1 rings (SSSR count). The van der Waals surface area contributed by atoms with Crippen LogP contribution in [-0.4, -0.2) is 17.1 Å². The molecule has 0 fully saturated rings. The number of hydrogen-bond acceptors (Lipinski definition) is 3. The number of aliphatic hydroxyl groups is 1. The minimum atomic E-state index is -0.568. The van der Waals surface area contributed by atoms with Gasteiger partial charge in [0, 0.05) is 12.6 Å². The molecule has 4 N–H and O–H groups in total. The van der Waals surface area contributed by atoms with Crippen molar-refractivity contribution in [2.45, 2.75) is 32.9 Å². The molecule has 17 heavy (non-hydrogen) atoms. The number of aliphatic hydroxyl groups excluding tert-OH is 1. The van der Waals surface area contributed by atoms with Gasteiger partial charge in [-0.2, -0.15) is 0 Å². The highest BCUT2D eigenvalue weighted by Crippen LogP contribution is 2.21. The van der Waals surface area contributed by atoms with Crippen LogP contribution in [0.3, 0.4) is 0 Å². The summed E-state index contributed by atoms with van der Waals surface area (Å²) in [7, 11) is 0. The summed E-state index contributed by atoms with van der Waals surface area (Å²) in [6.45, 7) is 5.31. The van der Waals surface area contributed by atoms with Crippen molar-refractivity contribution in [3.8, 4) is 0 Å². The summed E-state index contributed by atoms with van der Waals surface area (Å²) in [5, 5.41) is 12.5. The lowest BCUT2D eigenvalue weighted by Crippen LogP contribution is -2.30.